The van der Waals surface area contributed by atoms with Crippen molar-refractivity contribution in [2.75, 3.05) is 17.4 Å². The van der Waals surface area contributed by atoms with Crippen LogP contribution >= 0.6 is 0 Å². The third-order valence-corrected chi connectivity index (χ3v) is 3.61. The van der Waals surface area contributed by atoms with Crippen molar-refractivity contribution in [3.63, 3.8) is 0 Å². The molecule has 0 atom stereocenters. The molecule has 12 heteroatoms. The fraction of sp³-hybridized carbons (Fsp3) is 0.158. The molecule has 1 heterocycles. The Morgan fingerprint density at radius 3 is 2.32 bits per heavy atom. The lowest BCUT2D eigenvalue weighted by atomic mass is 10.2. The minimum atomic E-state index is -4.60. The maximum atomic E-state index is 12.5. The molecule has 162 valence electrons. The summed E-state index contributed by atoms with van der Waals surface area (Å²) in [5, 5.41) is 12.1. The largest absolute Gasteiger partial charge is 0.508 e. The molecule has 0 amide bonds. The van der Waals surface area contributed by atoms with Crippen molar-refractivity contribution in [2.45, 2.75) is 12.7 Å². The van der Waals surface area contributed by atoms with Gasteiger partial charge in [-0.2, -0.15) is 33.6 Å². The van der Waals surface area contributed by atoms with Gasteiger partial charge in [0.05, 0.1) is 5.56 Å². The van der Waals surface area contributed by atoms with Crippen molar-refractivity contribution in [1.29, 1.82) is 0 Å². The Hall–Kier alpha value is -4.09. The average Bonchev–Trinajstić information content (AvgIpc) is 2.76. The van der Waals surface area contributed by atoms with Crippen LogP contribution in [-0.2, 0) is 11.4 Å². The maximum Gasteiger partial charge on any atom is 0.422 e. The van der Waals surface area contributed by atoms with Crippen molar-refractivity contribution < 1.29 is 32.6 Å². The Bertz CT molecular complexity index is 1020. The van der Waals surface area contributed by atoms with Crippen LogP contribution in [0.2, 0.25) is 0 Å². The van der Waals surface area contributed by atoms with E-state index in [-0.39, 0.29) is 29.8 Å². The molecule has 31 heavy (non-hydrogen) atoms. The lowest BCUT2D eigenvalue weighted by Gasteiger charge is -2.12. The van der Waals surface area contributed by atoms with Crippen LogP contribution in [0.4, 0.5) is 25.1 Å². The summed E-state index contributed by atoms with van der Waals surface area (Å²) < 4.78 is 42.0. The van der Waals surface area contributed by atoms with Gasteiger partial charge in [0.15, 0.2) is 6.61 Å². The number of carbonyl (C=O) groups excluding carboxylic acids is 1. The predicted molar refractivity (Wildman–Crippen MR) is 102 cm³/mol. The van der Waals surface area contributed by atoms with Crippen LogP contribution < -0.4 is 15.5 Å². The van der Waals surface area contributed by atoms with Crippen LogP contribution in [0.25, 0.3) is 0 Å². The fourth-order valence-electron chi connectivity index (χ4n) is 2.21. The first-order chi connectivity index (χ1) is 14.8. The molecular formula is C19H16F3N5O4. The zero-order chi connectivity index (χ0) is 22.3. The number of hydrogen-bond acceptors (Lipinski definition) is 9. The second-order valence-corrected chi connectivity index (χ2v) is 6.05. The van der Waals surface area contributed by atoms with Gasteiger partial charge in [0, 0.05) is 6.54 Å². The molecule has 3 N–H and O–H groups in total. The van der Waals surface area contributed by atoms with Gasteiger partial charge in [0.25, 0.3) is 5.95 Å². The second-order valence-electron chi connectivity index (χ2n) is 6.05. The van der Waals surface area contributed by atoms with Crippen LogP contribution in [-0.4, -0.2) is 38.8 Å². The summed E-state index contributed by atoms with van der Waals surface area (Å²) in [6.45, 7) is -1.43. The minimum Gasteiger partial charge on any atom is -0.508 e. The third kappa shape index (κ3) is 7.03. The van der Waals surface area contributed by atoms with Crippen LogP contribution in [0.15, 0.2) is 54.6 Å². The van der Waals surface area contributed by atoms with E-state index in [9.17, 15) is 23.1 Å². The number of ether oxygens (including phenoxy) is 1. The summed E-state index contributed by atoms with van der Waals surface area (Å²) in [6, 6.07) is 13.6. The highest BCUT2D eigenvalue weighted by Crippen LogP contribution is 2.18. The number of hydrogen-bond donors (Lipinski definition) is 3. The molecule has 0 fully saturated rings. The topological polar surface area (TPSA) is 118 Å². The van der Waals surface area contributed by atoms with E-state index in [1.165, 1.54) is 24.3 Å². The van der Waals surface area contributed by atoms with Crippen LogP contribution in [0, 0.1) is 0 Å². The highest BCUT2D eigenvalue weighted by atomic mass is 19.4. The highest BCUT2D eigenvalue weighted by molar-refractivity contribution is 5.89. The molecule has 0 unspecified atom stereocenters. The number of phenolic OH excluding ortho intramolecular Hbond substituents is 1. The fourth-order valence-corrected chi connectivity index (χ4v) is 2.21. The number of benzene rings is 2. The molecule has 9 nitrogen and oxygen atoms in total. The van der Waals surface area contributed by atoms with Crippen LogP contribution in [0.3, 0.4) is 0 Å². The molecule has 0 saturated carbocycles. The first-order valence-electron chi connectivity index (χ1n) is 8.78. The van der Waals surface area contributed by atoms with Gasteiger partial charge < -0.3 is 20.0 Å². The van der Waals surface area contributed by atoms with Gasteiger partial charge in [0.1, 0.15) is 5.75 Å². The Balaban J connectivity index is 1.72. The number of anilines is 2. The number of carbonyl (C=O) groups is 1. The Morgan fingerprint density at radius 1 is 0.968 bits per heavy atom. The molecule has 0 aliphatic rings. The minimum absolute atomic E-state index is 0.0819. The molecule has 3 rings (SSSR count). The van der Waals surface area contributed by atoms with Crippen molar-refractivity contribution in [1.82, 2.24) is 15.0 Å². The lowest BCUT2D eigenvalue weighted by Crippen LogP contribution is -2.21. The number of rotatable bonds is 8. The van der Waals surface area contributed by atoms with E-state index in [1.807, 2.05) is 0 Å². The third-order valence-electron chi connectivity index (χ3n) is 3.61. The molecule has 0 saturated heterocycles. The Kier molecular flexibility index (Phi) is 6.70. The van der Waals surface area contributed by atoms with E-state index < -0.39 is 24.8 Å². The van der Waals surface area contributed by atoms with Crippen molar-refractivity contribution in [3.8, 4) is 11.8 Å². The number of nitrogens with one attached hydrogen (secondary N) is 2. The van der Waals surface area contributed by atoms with Crippen LogP contribution in [0.1, 0.15) is 15.9 Å². The summed E-state index contributed by atoms with van der Waals surface area (Å²) in [5.41, 5.74) is 3.16. The van der Waals surface area contributed by atoms with E-state index in [1.54, 1.807) is 30.3 Å². The quantitative estimate of drug-likeness (QED) is 0.458. The smallest absolute Gasteiger partial charge is 0.422 e. The average molecular weight is 435 g/mol. The summed E-state index contributed by atoms with van der Waals surface area (Å²) in [7, 11) is 0. The van der Waals surface area contributed by atoms with Crippen molar-refractivity contribution >= 4 is 17.9 Å². The van der Waals surface area contributed by atoms with E-state index in [0.29, 0.717) is 0 Å². The van der Waals surface area contributed by atoms with Gasteiger partial charge in [-0.1, -0.05) is 30.3 Å². The molecule has 0 spiro atoms. The zero-order valence-corrected chi connectivity index (χ0v) is 15.8. The SMILES string of the molecule is O=C(ONc1nc(NCc2ccc(O)cc2)nc(OCC(F)(F)F)n1)c1ccccc1. The van der Waals surface area contributed by atoms with Gasteiger partial charge in [-0.25, -0.2) is 4.79 Å². The van der Waals surface area contributed by atoms with Crippen LogP contribution in [0.5, 0.6) is 11.8 Å². The lowest BCUT2D eigenvalue weighted by molar-refractivity contribution is -0.154. The first kappa shape index (κ1) is 21.6. The Labute approximate surface area is 173 Å². The van der Waals surface area contributed by atoms with Gasteiger partial charge >= 0.3 is 18.2 Å². The number of nitrogens with zero attached hydrogens (tertiary/aromatic N) is 3. The highest BCUT2D eigenvalue weighted by Gasteiger charge is 2.29. The van der Waals surface area contributed by atoms with E-state index in [4.69, 9.17) is 4.84 Å². The number of phenols is 1. The molecule has 0 aliphatic heterocycles. The van der Waals surface area contributed by atoms with E-state index in [0.717, 1.165) is 5.56 Å². The molecule has 0 radical (unpaired) electrons. The van der Waals surface area contributed by atoms with Gasteiger partial charge in [-0.05, 0) is 29.8 Å². The van der Waals surface area contributed by atoms with Gasteiger partial charge in [-0.3, -0.25) is 0 Å². The maximum absolute atomic E-state index is 12.5. The van der Waals surface area contributed by atoms with Crippen molar-refractivity contribution in [2.24, 2.45) is 0 Å². The molecule has 0 bridgehead atoms. The Morgan fingerprint density at radius 2 is 1.65 bits per heavy atom. The van der Waals surface area contributed by atoms with E-state index >= 15 is 0 Å². The number of alkyl halides is 3. The summed E-state index contributed by atoms with van der Waals surface area (Å²) in [5.74, 6) is -1.14. The normalized spacial score (nSPS) is 10.9. The van der Waals surface area contributed by atoms with Gasteiger partial charge in [-0.15, -0.1) is 0 Å². The van der Waals surface area contributed by atoms with E-state index in [2.05, 4.69) is 30.5 Å². The zero-order valence-electron chi connectivity index (χ0n) is 15.8. The molecule has 2 aromatic carbocycles. The molecular weight excluding hydrogens is 419 g/mol. The number of halogens is 3. The molecule has 0 aliphatic carbocycles. The summed E-state index contributed by atoms with van der Waals surface area (Å²) in [4.78, 5) is 28.3. The molecule has 1 aromatic heterocycles. The standard InChI is InChI=1S/C19H16F3N5O4/c20-19(21,22)11-30-18-25-16(23-10-12-6-8-14(28)9-7-12)24-17(26-18)27-31-15(29)13-4-2-1-3-5-13/h1-9,28H,10-11H2,(H2,23,24,25,26,27). The number of aromatic nitrogens is 3. The summed E-state index contributed by atoms with van der Waals surface area (Å²) in [6.07, 6.45) is -4.60. The molecule has 3 aromatic rings. The predicted octanol–water partition coefficient (Wildman–Crippen LogP) is 3.31. The second kappa shape index (κ2) is 9.61. The van der Waals surface area contributed by atoms with Crippen molar-refractivity contribution in [3.05, 3.63) is 65.7 Å². The van der Waals surface area contributed by atoms with Gasteiger partial charge in [0.2, 0.25) is 5.95 Å². The first-order valence-corrected chi connectivity index (χ1v) is 8.78. The monoisotopic (exact) mass is 435 g/mol. The summed E-state index contributed by atoms with van der Waals surface area (Å²) >= 11 is 0. The number of aromatic hydroxyl groups is 1.